The fourth-order valence-corrected chi connectivity index (χ4v) is 3.12. The molecule has 4 rings (SSSR count). The molecule has 6 nitrogen and oxygen atoms in total. The van der Waals surface area contributed by atoms with Crippen LogP contribution in [0, 0.1) is 0 Å². The highest BCUT2D eigenvalue weighted by Gasteiger charge is 2.13. The average molecular weight is 402 g/mol. The van der Waals surface area contributed by atoms with Crippen LogP contribution in [0.2, 0.25) is 0 Å². The summed E-state index contributed by atoms with van der Waals surface area (Å²) in [5.74, 6) is 2.45. The van der Waals surface area contributed by atoms with Gasteiger partial charge in [0.2, 0.25) is 5.88 Å². The van der Waals surface area contributed by atoms with Crippen LogP contribution in [0.25, 0.3) is 10.9 Å². The third-order valence-electron chi connectivity index (χ3n) is 4.68. The van der Waals surface area contributed by atoms with Gasteiger partial charge < -0.3 is 18.9 Å². The first-order valence-electron chi connectivity index (χ1n) is 9.52. The van der Waals surface area contributed by atoms with Crippen molar-refractivity contribution >= 4 is 10.9 Å². The van der Waals surface area contributed by atoms with Crippen molar-refractivity contribution in [2.75, 3.05) is 14.2 Å². The molecule has 1 aromatic heterocycles. The second-order valence-corrected chi connectivity index (χ2v) is 6.57. The number of para-hydroxylation sites is 1. The van der Waals surface area contributed by atoms with Crippen LogP contribution in [-0.4, -0.2) is 24.2 Å². The van der Waals surface area contributed by atoms with Gasteiger partial charge in [0.1, 0.15) is 25.3 Å². The molecule has 6 heteroatoms. The zero-order chi connectivity index (χ0) is 20.8. The number of aromatic nitrogens is 2. The van der Waals surface area contributed by atoms with Gasteiger partial charge in [-0.1, -0.05) is 48.5 Å². The lowest BCUT2D eigenvalue weighted by atomic mass is 10.2. The molecule has 0 spiro atoms. The summed E-state index contributed by atoms with van der Waals surface area (Å²) in [5, 5.41) is 0.748. The Labute approximate surface area is 175 Å². The molecule has 0 saturated heterocycles. The number of rotatable bonds is 8. The smallest absolute Gasteiger partial charge is 0.224 e. The van der Waals surface area contributed by atoms with Gasteiger partial charge in [-0.05, 0) is 17.7 Å². The Morgan fingerprint density at radius 3 is 2.23 bits per heavy atom. The number of benzene rings is 3. The number of hydrogen-bond acceptors (Lipinski definition) is 6. The minimum absolute atomic E-state index is 0.311. The molecule has 4 aromatic rings. The highest BCUT2D eigenvalue weighted by Crippen LogP contribution is 2.34. The quantitative estimate of drug-likeness (QED) is 0.422. The highest BCUT2D eigenvalue weighted by molar-refractivity contribution is 5.86. The predicted molar refractivity (Wildman–Crippen MR) is 114 cm³/mol. The van der Waals surface area contributed by atoms with Crippen LogP contribution < -0.4 is 18.9 Å². The third kappa shape index (κ3) is 4.27. The lowest BCUT2D eigenvalue weighted by Crippen LogP contribution is -2.03. The molecule has 0 aliphatic carbocycles. The fourth-order valence-electron chi connectivity index (χ4n) is 3.12. The Morgan fingerprint density at radius 1 is 0.700 bits per heavy atom. The minimum Gasteiger partial charge on any atom is -0.493 e. The minimum atomic E-state index is 0.311. The molecule has 1 heterocycles. The Balaban J connectivity index is 1.54. The molecule has 0 unspecified atom stereocenters. The molecular formula is C24H22N2O4. The molecule has 3 aromatic carbocycles. The van der Waals surface area contributed by atoms with Gasteiger partial charge in [-0.25, -0.2) is 9.97 Å². The van der Waals surface area contributed by atoms with Crippen LogP contribution in [-0.2, 0) is 13.2 Å². The van der Waals surface area contributed by atoms with Crippen LogP contribution in [0.15, 0.2) is 73.1 Å². The summed E-state index contributed by atoms with van der Waals surface area (Å²) in [6, 6.07) is 21.5. The van der Waals surface area contributed by atoms with Crippen molar-refractivity contribution in [1.82, 2.24) is 9.97 Å². The monoisotopic (exact) mass is 402 g/mol. The summed E-state index contributed by atoms with van der Waals surface area (Å²) in [6.45, 7) is 0.802. The zero-order valence-corrected chi connectivity index (χ0v) is 16.9. The highest BCUT2D eigenvalue weighted by atomic mass is 16.5. The largest absolute Gasteiger partial charge is 0.493 e. The van der Waals surface area contributed by atoms with Crippen LogP contribution in [0.1, 0.15) is 11.1 Å². The predicted octanol–water partition coefficient (Wildman–Crippen LogP) is 4.81. The number of hydrogen-bond donors (Lipinski definition) is 0. The SMILES string of the molecule is COc1cc2ncnc(OCc3ccccc3OCc3ccccc3)c2cc1OC. The molecule has 0 amide bonds. The van der Waals surface area contributed by atoms with Gasteiger partial charge in [0.25, 0.3) is 0 Å². The molecule has 0 saturated carbocycles. The topological polar surface area (TPSA) is 62.7 Å². The Kier molecular flexibility index (Phi) is 5.94. The van der Waals surface area contributed by atoms with Gasteiger partial charge in [-0.3, -0.25) is 0 Å². The molecule has 0 aliphatic heterocycles. The maximum absolute atomic E-state index is 6.04. The van der Waals surface area contributed by atoms with E-state index in [9.17, 15) is 0 Å². The van der Waals surface area contributed by atoms with Crippen molar-refractivity contribution in [2.45, 2.75) is 13.2 Å². The van der Waals surface area contributed by atoms with E-state index in [0.29, 0.717) is 36.1 Å². The van der Waals surface area contributed by atoms with Crippen molar-refractivity contribution in [2.24, 2.45) is 0 Å². The molecular weight excluding hydrogens is 380 g/mol. The Morgan fingerprint density at radius 2 is 1.43 bits per heavy atom. The van der Waals surface area contributed by atoms with E-state index >= 15 is 0 Å². The van der Waals surface area contributed by atoms with Gasteiger partial charge in [-0.2, -0.15) is 0 Å². The van der Waals surface area contributed by atoms with E-state index < -0.39 is 0 Å². The van der Waals surface area contributed by atoms with Crippen LogP contribution in [0.5, 0.6) is 23.1 Å². The third-order valence-corrected chi connectivity index (χ3v) is 4.68. The van der Waals surface area contributed by atoms with E-state index in [1.54, 1.807) is 20.3 Å². The summed E-state index contributed by atoms with van der Waals surface area (Å²) in [5.41, 5.74) is 2.75. The summed E-state index contributed by atoms with van der Waals surface area (Å²) < 4.78 is 22.8. The summed E-state index contributed by atoms with van der Waals surface area (Å²) in [7, 11) is 3.18. The van der Waals surface area contributed by atoms with Gasteiger partial charge >= 0.3 is 0 Å². The lowest BCUT2D eigenvalue weighted by molar-refractivity contribution is 0.269. The van der Waals surface area contributed by atoms with E-state index in [4.69, 9.17) is 18.9 Å². The van der Waals surface area contributed by atoms with E-state index in [-0.39, 0.29) is 0 Å². The van der Waals surface area contributed by atoms with Crippen molar-refractivity contribution in [1.29, 1.82) is 0 Å². The van der Waals surface area contributed by atoms with Crippen molar-refractivity contribution in [3.63, 3.8) is 0 Å². The van der Waals surface area contributed by atoms with E-state index in [0.717, 1.165) is 22.3 Å². The van der Waals surface area contributed by atoms with Gasteiger partial charge in [0, 0.05) is 11.6 Å². The maximum atomic E-state index is 6.04. The first-order chi connectivity index (χ1) is 14.8. The maximum Gasteiger partial charge on any atom is 0.224 e. The average Bonchev–Trinajstić information content (AvgIpc) is 2.81. The summed E-state index contributed by atoms with van der Waals surface area (Å²) in [6.07, 6.45) is 1.47. The standard InChI is InChI=1S/C24H22N2O4/c1-27-22-12-19-20(13-23(22)28-2)25-16-26-24(19)30-15-18-10-6-7-11-21(18)29-14-17-8-4-3-5-9-17/h3-13,16H,14-15H2,1-2H3. The molecule has 0 radical (unpaired) electrons. The molecule has 0 bridgehead atoms. The molecule has 0 N–H and O–H groups in total. The number of ether oxygens (including phenoxy) is 4. The zero-order valence-electron chi connectivity index (χ0n) is 16.9. The summed E-state index contributed by atoms with van der Waals surface area (Å²) >= 11 is 0. The van der Waals surface area contributed by atoms with Crippen molar-refractivity contribution < 1.29 is 18.9 Å². The summed E-state index contributed by atoms with van der Waals surface area (Å²) in [4.78, 5) is 8.62. The number of methoxy groups -OCH3 is 2. The van der Waals surface area contributed by atoms with Gasteiger partial charge in [-0.15, -0.1) is 0 Å². The van der Waals surface area contributed by atoms with E-state index in [1.165, 1.54) is 6.33 Å². The van der Waals surface area contributed by atoms with E-state index in [1.807, 2.05) is 60.7 Å². The van der Waals surface area contributed by atoms with Crippen LogP contribution in [0.4, 0.5) is 0 Å². The molecule has 152 valence electrons. The second-order valence-electron chi connectivity index (χ2n) is 6.57. The number of nitrogens with zero attached hydrogens (tertiary/aromatic N) is 2. The second kappa shape index (κ2) is 9.13. The van der Waals surface area contributed by atoms with Gasteiger partial charge in [0.05, 0.1) is 25.1 Å². The number of fused-ring (bicyclic) bond motifs is 1. The van der Waals surface area contributed by atoms with Gasteiger partial charge in [0.15, 0.2) is 11.5 Å². The molecule has 30 heavy (non-hydrogen) atoms. The Bertz CT molecular complexity index is 1130. The molecule has 0 aliphatic rings. The van der Waals surface area contributed by atoms with Crippen molar-refractivity contribution in [3.05, 3.63) is 84.2 Å². The first-order valence-corrected chi connectivity index (χ1v) is 9.52. The fraction of sp³-hybridized carbons (Fsp3) is 0.167. The van der Waals surface area contributed by atoms with Crippen molar-refractivity contribution in [3.8, 4) is 23.1 Å². The Hall–Kier alpha value is -3.80. The molecule has 0 fully saturated rings. The molecule has 0 atom stereocenters. The van der Waals surface area contributed by atoms with E-state index in [2.05, 4.69) is 9.97 Å². The van der Waals surface area contributed by atoms with Crippen LogP contribution >= 0.6 is 0 Å². The van der Waals surface area contributed by atoms with Crippen LogP contribution in [0.3, 0.4) is 0 Å². The lowest BCUT2D eigenvalue weighted by Gasteiger charge is -2.14. The first kappa shape index (κ1) is 19.5. The normalized spacial score (nSPS) is 10.6.